The van der Waals surface area contributed by atoms with Crippen molar-refractivity contribution in [2.45, 2.75) is 25.9 Å². The van der Waals surface area contributed by atoms with Gasteiger partial charge in [-0.15, -0.1) is 0 Å². The van der Waals surface area contributed by atoms with E-state index in [0.29, 0.717) is 13.1 Å². The molecule has 2 N–H and O–H groups in total. The minimum absolute atomic E-state index is 0.132. The Morgan fingerprint density at radius 2 is 1.83 bits per heavy atom. The fraction of sp³-hybridized carbons (Fsp3) is 0.368. The van der Waals surface area contributed by atoms with Crippen LogP contribution in [0.1, 0.15) is 40.6 Å². The summed E-state index contributed by atoms with van der Waals surface area (Å²) in [6.45, 7) is 2.90. The molecule has 5 heteroatoms. The molecule has 1 atom stereocenters. The molecule has 1 saturated heterocycles. The van der Waals surface area contributed by atoms with E-state index in [1.54, 1.807) is 24.0 Å². The van der Waals surface area contributed by atoms with Crippen molar-refractivity contribution in [2.24, 2.45) is 5.92 Å². The first-order valence-corrected chi connectivity index (χ1v) is 8.28. The number of piperidine rings is 1. The Morgan fingerprint density at radius 1 is 1.17 bits per heavy atom. The number of pyridine rings is 1. The second-order valence-electron chi connectivity index (χ2n) is 6.37. The van der Waals surface area contributed by atoms with Crippen LogP contribution in [0.2, 0.25) is 0 Å². The van der Waals surface area contributed by atoms with Crippen LogP contribution in [0.5, 0.6) is 0 Å². The van der Waals surface area contributed by atoms with Crippen LogP contribution in [-0.2, 0) is 0 Å². The first kappa shape index (κ1) is 16.5. The third kappa shape index (κ3) is 3.41. The minimum Gasteiger partial charge on any atom is -0.388 e. The van der Waals surface area contributed by atoms with E-state index in [9.17, 15) is 14.7 Å². The first-order chi connectivity index (χ1) is 11.6. The number of nitrogens with one attached hydrogen (secondary N) is 1. The van der Waals surface area contributed by atoms with Crippen molar-refractivity contribution >= 4 is 5.91 Å². The predicted molar refractivity (Wildman–Crippen MR) is 91.8 cm³/mol. The number of aryl methyl sites for hydroxylation is 1. The summed E-state index contributed by atoms with van der Waals surface area (Å²) in [5.41, 5.74) is 1.49. The number of hydrogen-bond acceptors (Lipinski definition) is 3. The molecule has 1 aromatic heterocycles. The van der Waals surface area contributed by atoms with Crippen LogP contribution in [0.3, 0.4) is 0 Å². The third-order valence-corrected chi connectivity index (χ3v) is 4.70. The standard InChI is InChI=1S/C19H22N2O3/c1-13-7-8-16(18(23)20-13)19(24)21-11-9-15(10-12-21)17(22)14-5-3-2-4-6-14/h2-8,15,17,22H,9-12H2,1H3,(H,20,23)/t17-/m1/s1. The van der Waals surface area contributed by atoms with Crippen molar-refractivity contribution < 1.29 is 9.90 Å². The molecule has 126 valence electrons. The van der Waals surface area contributed by atoms with E-state index >= 15 is 0 Å². The number of aromatic amines is 1. The zero-order valence-electron chi connectivity index (χ0n) is 13.7. The number of carbonyl (C=O) groups is 1. The van der Waals surface area contributed by atoms with Gasteiger partial charge in [-0.3, -0.25) is 9.59 Å². The Labute approximate surface area is 140 Å². The van der Waals surface area contributed by atoms with Crippen molar-refractivity contribution in [1.29, 1.82) is 0 Å². The maximum Gasteiger partial charge on any atom is 0.260 e. The average Bonchev–Trinajstić information content (AvgIpc) is 2.61. The van der Waals surface area contributed by atoms with Crippen LogP contribution in [0.25, 0.3) is 0 Å². The molecule has 1 amide bonds. The summed E-state index contributed by atoms with van der Waals surface area (Å²) in [7, 11) is 0. The lowest BCUT2D eigenvalue weighted by Crippen LogP contribution is -2.41. The molecule has 0 radical (unpaired) electrons. The number of rotatable bonds is 3. The number of amides is 1. The van der Waals surface area contributed by atoms with Crippen LogP contribution in [0.15, 0.2) is 47.3 Å². The van der Waals surface area contributed by atoms with Gasteiger partial charge in [0.25, 0.3) is 11.5 Å². The lowest BCUT2D eigenvalue weighted by Gasteiger charge is -2.34. The normalized spacial score (nSPS) is 16.8. The molecular formula is C19H22N2O3. The van der Waals surface area contributed by atoms with Crippen LogP contribution >= 0.6 is 0 Å². The fourth-order valence-electron chi connectivity index (χ4n) is 3.25. The van der Waals surface area contributed by atoms with Crippen LogP contribution in [0.4, 0.5) is 0 Å². The van der Waals surface area contributed by atoms with Gasteiger partial charge in [-0.25, -0.2) is 0 Å². The van der Waals surface area contributed by atoms with Crippen molar-refractivity contribution in [3.63, 3.8) is 0 Å². The average molecular weight is 326 g/mol. The highest BCUT2D eigenvalue weighted by molar-refractivity contribution is 5.93. The molecule has 0 aliphatic carbocycles. The second kappa shape index (κ2) is 7.01. The minimum atomic E-state index is -0.508. The summed E-state index contributed by atoms with van der Waals surface area (Å²) in [6.07, 6.45) is 0.947. The van der Waals surface area contributed by atoms with Crippen LogP contribution in [0, 0.1) is 12.8 Å². The molecule has 1 aliphatic rings. The molecule has 2 aromatic rings. The number of H-pyrrole nitrogens is 1. The van der Waals surface area contributed by atoms with Gasteiger partial charge in [-0.1, -0.05) is 30.3 Å². The van der Waals surface area contributed by atoms with Crippen LogP contribution < -0.4 is 5.56 Å². The van der Waals surface area contributed by atoms with Crippen molar-refractivity contribution in [1.82, 2.24) is 9.88 Å². The highest BCUT2D eigenvalue weighted by atomic mass is 16.3. The summed E-state index contributed by atoms with van der Waals surface area (Å²) >= 11 is 0. The predicted octanol–water partition coefficient (Wildman–Crippen LogP) is 2.27. The van der Waals surface area contributed by atoms with E-state index in [1.807, 2.05) is 30.3 Å². The Morgan fingerprint density at radius 3 is 2.46 bits per heavy atom. The fourth-order valence-corrected chi connectivity index (χ4v) is 3.25. The number of benzene rings is 1. The van der Waals surface area contributed by atoms with Gasteiger partial charge in [0.05, 0.1) is 6.10 Å². The summed E-state index contributed by atoms with van der Waals surface area (Å²) < 4.78 is 0. The molecule has 1 fully saturated rings. The number of aromatic nitrogens is 1. The Kier molecular flexibility index (Phi) is 4.81. The molecule has 0 saturated carbocycles. The molecule has 24 heavy (non-hydrogen) atoms. The number of hydrogen-bond donors (Lipinski definition) is 2. The monoisotopic (exact) mass is 326 g/mol. The van der Waals surface area contributed by atoms with Crippen molar-refractivity contribution in [3.8, 4) is 0 Å². The van der Waals surface area contributed by atoms with E-state index < -0.39 is 6.10 Å². The zero-order chi connectivity index (χ0) is 17.1. The van der Waals surface area contributed by atoms with Gasteiger partial charge in [-0.2, -0.15) is 0 Å². The van der Waals surface area contributed by atoms with Gasteiger partial charge in [0.2, 0.25) is 0 Å². The highest BCUT2D eigenvalue weighted by Gasteiger charge is 2.29. The molecule has 3 rings (SSSR count). The maximum atomic E-state index is 12.5. The highest BCUT2D eigenvalue weighted by Crippen LogP contribution is 2.30. The zero-order valence-corrected chi connectivity index (χ0v) is 13.7. The smallest absolute Gasteiger partial charge is 0.260 e. The van der Waals surface area contributed by atoms with Gasteiger partial charge < -0.3 is 15.0 Å². The van der Waals surface area contributed by atoms with E-state index in [1.165, 1.54) is 0 Å². The largest absolute Gasteiger partial charge is 0.388 e. The van der Waals surface area contributed by atoms with Crippen LogP contribution in [-0.4, -0.2) is 34.0 Å². The molecule has 5 nitrogen and oxygen atoms in total. The van der Waals surface area contributed by atoms with E-state index in [-0.39, 0.29) is 22.9 Å². The van der Waals surface area contributed by atoms with Gasteiger partial charge in [0, 0.05) is 18.8 Å². The Balaban J connectivity index is 1.64. The van der Waals surface area contributed by atoms with Gasteiger partial charge in [0.1, 0.15) is 5.56 Å². The molecule has 1 aromatic carbocycles. The van der Waals surface area contributed by atoms with Crippen molar-refractivity contribution in [3.05, 3.63) is 69.6 Å². The summed E-state index contributed by atoms with van der Waals surface area (Å²) in [4.78, 5) is 28.8. The van der Waals surface area contributed by atoms with Gasteiger partial charge >= 0.3 is 0 Å². The van der Waals surface area contributed by atoms with E-state index in [2.05, 4.69) is 4.98 Å². The van der Waals surface area contributed by atoms with Crippen molar-refractivity contribution in [2.75, 3.05) is 13.1 Å². The molecule has 1 aliphatic heterocycles. The summed E-state index contributed by atoms with van der Waals surface area (Å²) in [5, 5.41) is 10.5. The molecule has 0 unspecified atom stereocenters. The number of carbonyl (C=O) groups excluding carboxylic acids is 1. The lowest BCUT2D eigenvalue weighted by molar-refractivity contribution is 0.0461. The number of aliphatic hydroxyl groups excluding tert-OH is 1. The lowest BCUT2D eigenvalue weighted by atomic mass is 9.87. The number of aliphatic hydroxyl groups is 1. The number of nitrogens with zero attached hydrogens (tertiary/aromatic N) is 1. The van der Waals surface area contributed by atoms with Gasteiger partial charge in [-0.05, 0) is 43.4 Å². The summed E-state index contributed by atoms with van der Waals surface area (Å²) in [6, 6.07) is 12.9. The third-order valence-electron chi connectivity index (χ3n) is 4.70. The topological polar surface area (TPSA) is 73.4 Å². The Hall–Kier alpha value is -2.40. The molecular weight excluding hydrogens is 304 g/mol. The first-order valence-electron chi connectivity index (χ1n) is 8.28. The quantitative estimate of drug-likeness (QED) is 0.909. The molecule has 2 heterocycles. The number of likely N-dealkylation sites (tertiary alicyclic amines) is 1. The van der Waals surface area contributed by atoms with Gasteiger partial charge in [0.15, 0.2) is 0 Å². The van der Waals surface area contributed by atoms with E-state index in [4.69, 9.17) is 0 Å². The second-order valence-corrected chi connectivity index (χ2v) is 6.37. The Bertz CT molecular complexity index is 762. The maximum absolute atomic E-state index is 12.5. The SMILES string of the molecule is Cc1ccc(C(=O)N2CCC([C@H](O)c3ccccc3)CC2)c(=O)[nH]1. The summed E-state index contributed by atoms with van der Waals surface area (Å²) in [5.74, 6) is -0.100. The molecule has 0 bridgehead atoms. The molecule has 0 spiro atoms. The van der Waals surface area contributed by atoms with E-state index in [0.717, 1.165) is 24.1 Å².